The number of carbonyl (C=O) groups is 2. The lowest BCUT2D eigenvalue weighted by molar-refractivity contribution is 0.0525. The van der Waals surface area contributed by atoms with E-state index < -0.39 is 0 Å². The number of rotatable bonds is 2. The molecule has 15 heavy (non-hydrogen) atoms. The van der Waals surface area contributed by atoms with Gasteiger partial charge < -0.3 is 10.1 Å². The number of ether oxygens (including phenoxy) is 1. The first-order valence-electron chi connectivity index (χ1n) is 4.79. The summed E-state index contributed by atoms with van der Waals surface area (Å²) in [6.07, 6.45) is 0.707. The van der Waals surface area contributed by atoms with Crippen molar-refractivity contribution in [2.24, 2.45) is 0 Å². The van der Waals surface area contributed by atoms with Crippen LogP contribution < -0.4 is 5.32 Å². The number of fused-ring (bicyclic) bond motifs is 1. The van der Waals surface area contributed by atoms with Gasteiger partial charge in [0, 0.05) is 11.9 Å². The molecule has 80 valence electrons. The molecule has 0 spiro atoms. The molecule has 0 bridgehead atoms. The summed E-state index contributed by atoms with van der Waals surface area (Å²) in [6, 6.07) is 0. The first-order valence-corrected chi connectivity index (χ1v) is 5.67. The monoisotopic (exact) mass is 225 g/mol. The van der Waals surface area contributed by atoms with Gasteiger partial charge in [0.15, 0.2) is 0 Å². The van der Waals surface area contributed by atoms with Crippen molar-refractivity contribution in [1.82, 2.24) is 5.32 Å². The molecule has 1 amide bonds. The Morgan fingerprint density at radius 3 is 3.20 bits per heavy atom. The van der Waals surface area contributed by atoms with Crippen molar-refractivity contribution in [3.05, 3.63) is 21.4 Å². The maximum atomic E-state index is 11.5. The standard InChI is InChI=1S/C10H11NO3S/c1-2-14-10(13)7-5-15-8-6(7)3-4-11-9(8)12/h5H,2-4H2,1H3,(H,11,12). The summed E-state index contributed by atoms with van der Waals surface area (Å²) in [5, 5.41) is 4.44. The number of thiophene rings is 1. The van der Waals surface area contributed by atoms with E-state index in [0.717, 1.165) is 5.56 Å². The zero-order valence-corrected chi connectivity index (χ0v) is 9.15. The molecule has 4 nitrogen and oxygen atoms in total. The molecule has 5 heteroatoms. The Bertz CT molecular complexity index is 411. The molecule has 0 fully saturated rings. The second-order valence-electron chi connectivity index (χ2n) is 3.18. The van der Waals surface area contributed by atoms with E-state index in [1.165, 1.54) is 11.3 Å². The zero-order valence-electron chi connectivity index (χ0n) is 8.33. The lowest BCUT2D eigenvalue weighted by Gasteiger charge is -2.13. The highest BCUT2D eigenvalue weighted by Crippen LogP contribution is 2.26. The number of esters is 1. The van der Waals surface area contributed by atoms with E-state index >= 15 is 0 Å². The molecule has 0 atom stereocenters. The number of carbonyl (C=O) groups excluding carboxylic acids is 2. The third-order valence-electron chi connectivity index (χ3n) is 2.26. The molecule has 1 aromatic rings. The third-order valence-corrected chi connectivity index (χ3v) is 3.28. The van der Waals surface area contributed by atoms with Crippen LogP contribution >= 0.6 is 11.3 Å². The van der Waals surface area contributed by atoms with Crippen molar-refractivity contribution in [3.63, 3.8) is 0 Å². The SMILES string of the molecule is CCOC(=O)c1csc2c1CCNC2=O. The summed E-state index contributed by atoms with van der Waals surface area (Å²) in [7, 11) is 0. The number of nitrogens with one attached hydrogen (secondary N) is 1. The van der Waals surface area contributed by atoms with Crippen LogP contribution in [0.5, 0.6) is 0 Å². The molecule has 0 saturated carbocycles. The molecule has 1 aliphatic heterocycles. The number of hydrogen-bond acceptors (Lipinski definition) is 4. The van der Waals surface area contributed by atoms with Crippen molar-refractivity contribution in [2.45, 2.75) is 13.3 Å². The predicted octanol–water partition coefficient (Wildman–Crippen LogP) is 1.21. The van der Waals surface area contributed by atoms with Crippen LogP contribution in [0.4, 0.5) is 0 Å². The van der Waals surface area contributed by atoms with Gasteiger partial charge >= 0.3 is 5.97 Å². The smallest absolute Gasteiger partial charge is 0.339 e. The molecule has 2 heterocycles. The van der Waals surface area contributed by atoms with Gasteiger partial charge in [0.1, 0.15) is 0 Å². The lowest BCUT2D eigenvalue weighted by atomic mass is 10.0. The largest absolute Gasteiger partial charge is 0.462 e. The summed E-state index contributed by atoms with van der Waals surface area (Å²) in [6.45, 7) is 2.72. The normalized spacial score (nSPS) is 14.3. The number of hydrogen-bond donors (Lipinski definition) is 1. The Balaban J connectivity index is 2.34. The van der Waals surface area contributed by atoms with E-state index in [1.54, 1.807) is 12.3 Å². The van der Waals surface area contributed by atoms with Gasteiger partial charge in [-0.25, -0.2) is 4.79 Å². The van der Waals surface area contributed by atoms with Crippen LogP contribution in [-0.4, -0.2) is 25.0 Å². The second-order valence-corrected chi connectivity index (χ2v) is 4.06. The molecule has 0 radical (unpaired) electrons. The second kappa shape index (κ2) is 4.02. The van der Waals surface area contributed by atoms with Crippen molar-refractivity contribution >= 4 is 23.2 Å². The molecule has 1 N–H and O–H groups in total. The highest BCUT2D eigenvalue weighted by molar-refractivity contribution is 7.12. The molecular formula is C10H11NO3S. The molecule has 0 aromatic carbocycles. The van der Waals surface area contributed by atoms with Crippen LogP contribution in [0.3, 0.4) is 0 Å². The maximum Gasteiger partial charge on any atom is 0.339 e. The molecule has 0 aliphatic carbocycles. The van der Waals surface area contributed by atoms with Crippen LogP contribution in [0, 0.1) is 0 Å². The van der Waals surface area contributed by atoms with Gasteiger partial charge in [-0.1, -0.05) is 0 Å². The molecule has 1 aromatic heterocycles. The van der Waals surface area contributed by atoms with E-state index in [-0.39, 0.29) is 11.9 Å². The van der Waals surface area contributed by atoms with Crippen LogP contribution in [0.2, 0.25) is 0 Å². The fourth-order valence-electron chi connectivity index (χ4n) is 1.58. The Kier molecular flexibility index (Phi) is 2.73. The highest BCUT2D eigenvalue weighted by atomic mass is 32.1. The Labute approximate surface area is 91.2 Å². The van der Waals surface area contributed by atoms with Crippen molar-refractivity contribution in [3.8, 4) is 0 Å². The molecule has 0 unspecified atom stereocenters. The summed E-state index contributed by atoms with van der Waals surface area (Å²) in [5.74, 6) is -0.415. The lowest BCUT2D eigenvalue weighted by Crippen LogP contribution is -2.31. The van der Waals surface area contributed by atoms with Gasteiger partial charge in [0.05, 0.1) is 17.0 Å². The van der Waals surface area contributed by atoms with Gasteiger partial charge in [-0.05, 0) is 18.9 Å². The summed E-state index contributed by atoms with van der Waals surface area (Å²) < 4.78 is 4.92. The van der Waals surface area contributed by atoms with Gasteiger partial charge in [-0.2, -0.15) is 0 Å². The van der Waals surface area contributed by atoms with Crippen LogP contribution in [0.25, 0.3) is 0 Å². The number of amides is 1. The molecule has 1 aliphatic rings. The minimum atomic E-state index is -0.329. The summed E-state index contributed by atoms with van der Waals surface area (Å²) >= 11 is 1.30. The average Bonchev–Trinajstić information content (AvgIpc) is 2.63. The third kappa shape index (κ3) is 1.74. The zero-order chi connectivity index (χ0) is 10.8. The fraction of sp³-hybridized carbons (Fsp3) is 0.400. The minimum Gasteiger partial charge on any atom is -0.462 e. The van der Waals surface area contributed by atoms with Gasteiger partial charge in [0.2, 0.25) is 0 Å². The Morgan fingerprint density at radius 2 is 2.47 bits per heavy atom. The minimum absolute atomic E-state index is 0.0863. The van der Waals surface area contributed by atoms with Crippen LogP contribution in [0.15, 0.2) is 5.38 Å². The van der Waals surface area contributed by atoms with E-state index in [0.29, 0.717) is 30.0 Å². The van der Waals surface area contributed by atoms with Gasteiger partial charge in [-0.3, -0.25) is 4.79 Å². The Morgan fingerprint density at radius 1 is 1.67 bits per heavy atom. The van der Waals surface area contributed by atoms with Crippen molar-refractivity contribution < 1.29 is 14.3 Å². The summed E-state index contributed by atoms with van der Waals surface area (Å²) in [5.41, 5.74) is 1.38. The van der Waals surface area contributed by atoms with Gasteiger partial charge in [-0.15, -0.1) is 11.3 Å². The van der Waals surface area contributed by atoms with Crippen molar-refractivity contribution in [1.29, 1.82) is 0 Å². The van der Waals surface area contributed by atoms with E-state index in [9.17, 15) is 9.59 Å². The predicted molar refractivity (Wildman–Crippen MR) is 56.3 cm³/mol. The van der Waals surface area contributed by atoms with E-state index in [4.69, 9.17) is 4.74 Å². The van der Waals surface area contributed by atoms with Crippen LogP contribution in [-0.2, 0) is 11.2 Å². The van der Waals surface area contributed by atoms with Crippen LogP contribution in [0.1, 0.15) is 32.5 Å². The van der Waals surface area contributed by atoms with E-state index in [1.807, 2.05) is 0 Å². The highest BCUT2D eigenvalue weighted by Gasteiger charge is 2.25. The maximum absolute atomic E-state index is 11.5. The summed E-state index contributed by atoms with van der Waals surface area (Å²) in [4.78, 5) is 23.6. The first kappa shape index (κ1) is 10.2. The topological polar surface area (TPSA) is 55.4 Å². The van der Waals surface area contributed by atoms with Crippen molar-refractivity contribution in [2.75, 3.05) is 13.2 Å². The van der Waals surface area contributed by atoms with E-state index in [2.05, 4.69) is 5.32 Å². The molecule has 0 saturated heterocycles. The molecular weight excluding hydrogens is 214 g/mol. The quantitative estimate of drug-likeness (QED) is 0.770. The van der Waals surface area contributed by atoms with Gasteiger partial charge in [0.25, 0.3) is 5.91 Å². The first-order chi connectivity index (χ1) is 7.24. The average molecular weight is 225 g/mol. The fourth-order valence-corrected chi connectivity index (χ4v) is 2.59. The molecule has 2 rings (SSSR count). The Hall–Kier alpha value is -1.36.